The molecular formula is C21H21ClN4O2S. The lowest BCUT2D eigenvalue weighted by Gasteiger charge is -2.29. The van der Waals surface area contributed by atoms with E-state index in [1.165, 1.54) is 17.8 Å². The van der Waals surface area contributed by atoms with Crippen LogP contribution >= 0.6 is 22.9 Å². The molecule has 0 atom stereocenters. The van der Waals surface area contributed by atoms with Gasteiger partial charge in [0.1, 0.15) is 11.5 Å². The molecule has 8 heteroatoms. The van der Waals surface area contributed by atoms with Crippen molar-refractivity contribution in [2.75, 3.05) is 13.1 Å². The van der Waals surface area contributed by atoms with Crippen molar-refractivity contribution in [2.24, 2.45) is 0 Å². The highest BCUT2D eigenvalue weighted by molar-refractivity contribution is 7.17. The first-order valence-corrected chi connectivity index (χ1v) is 10.7. The highest BCUT2D eigenvalue weighted by Crippen LogP contribution is 2.23. The van der Waals surface area contributed by atoms with Gasteiger partial charge in [0.15, 0.2) is 5.76 Å². The number of amides is 1. The zero-order chi connectivity index (χ0) is 20.2. The van der Waals surface area contributed by atoms with Crippen molar-refractivity contribution in [1.82, 2.24) is 15.4 Å². The first-order chi connectivity index (χ1) is 14.1. The third-order valence-electron chi connectivity index (χ3n) is 4.90. The number of aromatic nitrogens is 1. The van der Waals surface area contributed by atoms with Crippen LogP contribution in [0.3, 0.4) is 0 Å². The summed E-state index contributed by atoms with van der Waals surface area (Å²) in [5.41, 5.74) is 2.42. The number of halogens is 1. The summed E-state index contributed by atoms with van der Waals surface area (Å²) in [6.07, 6.45) is 3.55. The van der Waals surface area contributed by atoms with Crippen LogP contribution in [0.25, 0.3) is 11.3 Å². The van der Waals surface area contributed by atoms with Gasteiger partial charge in [0, 0.05) is 30.3 Å². The molecule has 1 amide bonds. The van der Waals surface area contributed by atoms with Crippen molar-refractivity contribution in [3.63, 3.8) is 0 Å². The Bertz CT molecular complexity index is 1010. The van der Waals surface area contributed by atoms with Gasteiger partial charge in [-0.15, -0.1) is 11.3 Å². The second-order valence-corrected chi connectivity index (χ2v) is 8.66. The number of nitrogens with zero attached hydrogens (tertiary/aromatic N) is 2. The van der Waals surface area contributed by atoms with Crippen LogP contribution in [-0.4, -0.2) is 34.9 Å². The minimum absolute atomic E-state index is 0.188. The van der Waals surface area contributed by atoms with Gasteiger partial charge in [0.25, 0.3) is 5.91 Å². The first-order valence-electron chi connectivity index (χ1n) is 9.53. The number of thiophene rings is 1. The normalized spacial score (nSPS) is 14.0. The van der Waals surface area contributed by atoms with Crippen molar-refractivity contribution in [2.45, 2.75) is 25.8 Å². The van der Waals surface area contributed by atoms with Crippen LogP contribution < -0.4 is 5.32 Å². The number of carbonyl (C=O) groups excluding carboxylic acids is 1. The Balaban J connectivity index is 1.37. The van der Waals surface area contributed by atoms with E-state index in [-0.39, 0.29) is 12.5 Å². The summed E-state index contributed by atoms with van der Waals surface area (Å²) in [5.74, 6) is 1.02. The van der Waals surface area contributed by atoms with Gasteiger partial charge >= 0.3 is 0 Å². The van der Waals surface area contributed by atoms with Gasteiger partial charge in [0.2, 0.25) is 0 Å². The molecule has 1 aliphatic rings. The molecule has 0 saturated carbocycles. The van der Waals surface area contributed by atoms with Crippen LogP contribution in [0.15, 0.2) is 47.0 Å². The Morgan fingerprint density at radius 2 is 1.93 bits per heavy atom. The quantitative estimate of drug-likeness (QED) is 0.451. The Morgan fingerprint density at radius 3 is 2.62 bits per heavy atom. The third-order valence-corrected chi connectivity index (χ3v) is 6.13. The van der Waals surface area contributed by atoms with Crippen LogP contribution in [0.5, 0.6) is 0 Å². The molecular weight excluding hydrogens is 408 g/mol. The summed E-state index contributed by atoms with van der Waals surface area (Å²) >= 11 is 7.10. The molecule has 29 heavy (non-hydrogen) atoms. The van der Waals surface area contributed by atoms with Crippen molar-refractivity contribution < 1.29 is 9.32 Å². The second kappa shape index (κ2) is 8.80. The van der Waals surface area contributed by atoms with E-state index in [2.05, 4.69) is 15.4 Å². The van der Waals surface area contributed by atoms with Gasteiger partial charge in [-0.1, -0.05) is 41.0 Å². The molecule has 150 valence electrons. The fourth-order valence-electron chi connectivity index (χ4n) is 3.32. The third kappa shape index (κ3) is 4.68. The summed E-state index contributed by atoms with van der Waals surface area (Å²) < 4.78 is 6.00. The molecule has 0 bridgehead atoms. The van der Waals surface area contributed by atoms with Crippen LogP contribution in [-0.2, 0) is 6.54 Å². The number of likely N-dealkylation sites (tertiary alicyclic amines) is 1. The zero-order valence-electron chi connectivity index (χ0n) is 15.8. The highest BCUT2D eigenvalue weighted by atomic mass is 35.5. The van der Waals surface area contributed by atoms with Crippen LogP contribution in [0.2, 0.25) is 4.34 Å². The lowest BCUT2D eigenvalue weighted by Crippen LogP contribution is -2.35. The number of amidine groups is 1. The Hall–Kier alpha value is -2.64. The van der Waals surface area contributed by atoms with Crippen molar-refractivity contribution in [1.29, 1.82) is 5.41 Å². The fourth-order valence-corrected chi connectivity index (χ4v) is 4.28. The molecule has 1 saturated heterocycles. The van der Waals surface area contributed by atoms with Crippen molar-refractivity contribution in [3.8, 4) is 11.3 Å². The Labute approximate surface area is 178 Å². The molecule has 1 fully saturated rings. The largest absolute Gasteiger partial charge is 0.357 e. The average Bonchev–Trinajstić information content (AvgIpc) is 3.41. The summed E-state index contributed by atoms with van der Waals surface area (Å²) in [7, 11) is 0. The predicted octanol–water partition coefficient (Wildman–Crippen LogP) is 4.80. The van der Waals surface area contributed by atoms with E-state index in [0.29, 0.717) is 26.5 Å². The van der Waals surface area contributed by atoms with E-state index in [4.69, 9.17) is 21.5 Å². The van der Waals surface area contributed by atoms with Gasteiger partial charge in [0.05, 0.1) is 15.8 Å². The fraction of sp³-hybridized carbons (Fsp3) is 0.286. The summed E-state index contributed by atoms with van der Waals surface area (Å²) in [5, 5.41) is 15.3. The summed E-state index contributed by atoms with van der Waals surface area (Å²) in [6.45, 7) is 2.18. The molecule has 0 unspecified atom stereocenters. The molecule has 2 aromatic heterocycles. The van der Waals surface area contributed by atoms with Crippen molar-refractivity contribution >= 4 is 34.7 Å². The molecule has 0 radical (unpaired) electrons. The van der Waals surface area contributed by atoms with Crippen LogP contribution in [0.1, 0.15) is 40.2 Å². The number of carbonyl (C=O) groups is 1. The number of piperidine rings is 1. The topological polar surface area (TPSA) is 82.2 Å². The standard InChI is InChI=1S/C21H21ClN4O2S/c22-19-9-8-18(29-19)21(27)24-13-16-12-17(28-25-16)14-4-6-15(7-5-14)20(23)26-10-2-1-3-11-26/h4-9,12,23H,1-3,10-11,13H2,(H,24,27). The van der Waals surface area contributed by atoms with Crippen molar-refractivity contribution in [3.05, 3.63) is 62.9 Å². The van der Waals surface area contributed by atoms with E-state index in [9.17, 15) is 4.79 Å². The molecule has 2 N–H and O–H groups in total. The van der Waals surface area contributed by atoms with E-state index in [0.717, 1.165) is 37.1 Å². The maximum atomic E-state index is 12.1. The predicted molar refractivity (Wildman–Crippen MR) is 115 cm³/mol. The number of nitrogens with one attached hydrogen (secondary N) is 2. The smallest absolute Gasteiger partial charge is 0.261 e. The second-order valence-electron chi connectivity index (χ2n) is 6.94. The number of benzene rings is 1. The van der Waals surface area contributed by atoms with Gasteiger partial charge in [-0.2, -0.15) is 0 Å². The molecule has 3 heterocycles. The SMILES string of the molecule is N=C(c1ccc(-c2cc(CNC(=O)c3ccc(Cl)s3)no2)cc1)N1CCCCC1. The Morgan fingerprint density at radius 1 is 1.17 bits per heavy atom. The summed E-state index contributed by atoms with van der Waals surface area (Å²) in [6, 6.07) is 13.0. The molecule has 6 nitrogen and oxygen atoms in total. The monoisotopic (exact) mass is 428 g/mol. The maximum absolute atomic E-state index is 12.1. The molecule has 4 rings (SSSR count). The van der Waals surface area contributed by atoms with Gasteiger partial charge < -0.3 is 14.7 Å². The maximum Gasteiger partial charge on any atom is 0.261 e. The zero-order valence-corrected chi connectivity index (χ0v) is 17.4. The van der Waals surface area contributed by atoms with Crippen LogP contribution in [0, 0.1) is 5.41 Å². The average molecular weight is 429 g/mol. The molecule has 0 aliphatic carbocycles. The van der Waals surface area contributed by atoms with Gasteiger partial charge in [-0.3, -0.25) is 10.2 Å². The first kappa shape index (κ1) is 19.7. The van der Waals surface area contributed by atoms with E-state index >= 15 is 0 Å². The van der Waals surface area contributed by atoms with Gasteiger partial charge in [-0.25, -0.2) is 0 Å². The minimum Gasteiger partial charge on any atom is -0.357 e. The van der Waals surface area contributed by atoms with Crippen LogP contribution in [0.4, 0.5) is 0 Å². The van der Waals surface area contributed by atoms with E-state index in [1.54, 1.807) is 12.1 Å². The lowest BCUT2D eigenvalue weighted by atomic mass is 10.1. The highest BCUT2D eigenvalue weighted by Gasteiger charge is 2.16. The summed E-state index contributed by atoms with van der Waals surface area (Å²) in [4.78, 5) is 14.8. The molecule has 1 aliphatic heterocycles. The number of hydrogen-bond acceptors (Lipinski definition) is 5. The molecule has 3 aromatic rings. The minimum atomic E-state index is -0.188. The van der Waals surface area contributed by atoms with Gasteiger partial charge in [-0.05, 0) is 31.4 Å². The van der Waals surface area contributed by atoms with E-state index in [1.807, 2.05) is 30.3 Å². The number of hydrogen-bond donors (Lipinski definition) is 2. The molecule has 0 spiro atoms. The number of rotatable bonds is 5. The Kier molecular flexibility index (Phi) is 5.97. The lowest BCUT2D eigenvalue weighted by molar-refractivity contribution is 0.0954. The van der Waals surface area contributed by atoms with E-state index < -0.39 is 0 Å². The molecule has 1 aromatic carbocycles.